The molecule has 0 aliphatic heterocycles. The molecule has 0 radical (unpaired) electrons. The van der Waals surface area contributed by atoms with Crippen LogP contribution in [0.5, 0.6) is 5.75 Å². The summed E-state index contributed by atoms with van der Waals surface area (Å²) in [4.78, 5) is 29.2. The van der Waals surface area contributed by atoms with Crippen LogP contribution in [0.1, 0.15) is 37.4 Å². The highest BCUT2D eigenvalue weighted by atomic mass is 32.1. The summed E-state index contributed by atoms with van der Waals surface area (Å²) in [6, 6.07) is 17.3. The summed E-state index contributed by atoms with van der Waals surface area (Å²) in [5.41, 5.74) is 5.39. The van der Waals surface area contributed by atoms with E-state index in [1.54, 1.807) is 20.0 Å². The van der Waals surface area contributed by atoms with Crippen LogP contribution in [0.15, 0.2) is 71.3 Å². The van der Waals surface area contributed by atoms with Crippen molar-refractivity contribution in [2.45, 2.75) is 19.7 Å². The average molecular weight is 606 g/mol. The van der Waals surface area contributed by atoms with Gasteiger partial charge in [0, 0.05) is 29.1 Å². The van der Waals surface area contributed by atoms with Crippen molar-refractivity contribution in [2.24, 2.45) is 12.8 Å². The van der Waals surface area contributed by atoms with Gasteiger partial charge in [0.25, 0.3) is 11.8 Å². The second-order valence-electron chi connectivity index (χ2n) is 9.66. The molecule has 0 atom stereocenters. The summed E-state index contributed by atoms with van der Waals surface area (Å²) in [5.74, 6) is -0.797. The van der Waals surface area contributed by atoms with E-state index in [1.165, 1.54) is 16.9 Å². The zero-order chi connectivity index (χ0) is 30.5. The summed E-state index contributed by atoms with van der Waals surface area (Å²) in [6.45, 7) is 1.72. The number of aryl methyl sites for hydroxylation is 1. The number of halogens is 3. The highest BCUT2D eigenvalue weighted by Crippen LogP contribution is 2.44. The molecule has 4 heterocycles. The van der Waals surface area contributed by atoms with Gasteiger partial charge in [0.05, 0.1) is 11.9 Å². The standard InChI is InChI=1S/C30H22F3N5O4S/c1-15-20(13-35-38(15)2)19-12-23(30(31,32)33)36-29-24(19)25(26(43-29)27(34)39)37-28(40)22-11-10-17(42-22)14-41-21-9-5-7-16-6-3-4-8-18(16)21/h3-13H,14H2,1-2H3,(H2,34,39)(H,37,40). The number of furan rings is 1. The van der Waals surface area contributed by atoms with E-state index in [1.807, 2.05) is 42.5 Å². The number of alkyl halides is 3. The van der Waals surface area contributed by atoms with Gasteiger partial charge in [-0.25, -0.2) is 4.98 Å². The number of hydrogen-bond donors (Lipinski definition) is 2. The molecule has 218 valence electrons. The lowest BCUT2D eigenvalue weighted by Crippen LogP contribution is -2.16. The van der Waals surface area contributed by atoms with Crippen molar-refractivity contribution < 1.29 is 31.9 Å². The highest BCUT2D eigenvalue weighted by molar-refractivity contribution is 7.21. The Balaban J connectivity index is 1.35. The molecule has 9 nitrogen and oxygen atoms in total. The largest absolute Gasteiger partial charge is 0.485 e. The third-order valence-electron chi connectivity index (χ3n) is 6.95. The van der Waals surface area contributed by atoms with Crippen LogP contribution in [0, 0.1) is 6.92 Å². The summed E-state index contributed by atoms with van der Waals surface area (Å²) >= 11 is 0.655. The van der Waals surface area contributed by atoms with Gasteiger partial charge >= 0.3 is 6.18 Å². The summed E-state index contributed by atoms with van der Waals surface area (Å²) in [7, 11) is 1.64. The Morgan fingerprint density at radius 1 is 1.09 bits per heavy atom. The van der Waals surface area contributed by atoms with Crippen molar-refractivity contribution in [3.05, 3.63) is 94.6 Å². The van der Waals surface area contributed by atoms with E-state index in [2.05, 4.69) is 15.4 Å². The number of primary amides is 1. The highest BCUT2D eigenvalue weighted by Gasteiger charge is 2.35. The first kappa shape index (κ1) is 28.0. The number of pyridine rings is 1. The van der Waals surface area contributed by atoms with Gasteiger partial charge in [-0.1, -0.05) is 36.4 Å². The number of carbonyl (C=O) groups excluding carboxylic acids is 2. The summed E-state index contributed by atoms with van der Waals surface area (Å²) < 4.78 is 54.6. The lowest BCUT2D eigenvalue weighted by molar-refractivity contribution is -0.140. The van der Waals surface area contributed by atoms with Gasteiger partial charge in [0.2, 0.25) is 0 Å². The first-order valence-corrected chi connectivity index (χ1v) is 13.7. The SMILES string of the molecule is Cc1c(-c2cc(C(F)(F)F)nc3sc(C(N)=O)c(NC(=O)c4ccc(COc5cccc6ccccc56)o4)c23)cnn1C. The lowest BCUT2D eigenvalue weighted by Gasteiger charge is -2.12. The number of nitrogens with zero attached hydrogens (tertiary/aromatic N) is 3. The van der Waals surface area contributed by atoms with Crippen LogP contribution in [0.25, 0.3) is 32.1 Å². The fourth-order valence-electron chi connectivity index (χ4n) is 4.73. The molecule has 2 amide bonds. The lowest BCUT2D eigenvalue weighted by atomic mass is 10.0. The molecule has 0 spiro atoms. The van der Waals surface area contributed by atoms with Crippen molar-refractivity contribution in [1.29, 1.82) is 0 Å². The monoisotopic (exact) mass is 605 g/mol. The summed E-state index contributed by atoms with van der Waals surface area (Å²) in [6.07, 6.45) is -3.36. The van der Waals surface area contributed by atoms with Crippen LogP contribution >= 0.6 is 11.3 Å². The molecular weight excluding hydrogens is 583 g/mol. The van der Waals surface area contributed by atoms with Crippen LogP contribution in [0.3, 0.4) is 0 Å². The van der Waals surface area contributed by atoms with Gasteiger partial charge in [0.1, 0.15) is 33.5 Å². The number of aromatic nitrogens is 3. The Hall–Kier alpha value is -5.17. The molecule has 0 fully saturated rings. The van der Waals surface area contributed by atoms with Crippen molar-refractivity contribution in [2.75, 3.05) is 5.32 Å². The maximum absolute atomic E-state index is 13.8. The molecule has 3 N–H and O–H groups in total. The molecular formula is C30H22F3N5O4S. The van der Waals surface area contributed by atoms with Crippen LogP contribution in [0.4, 0.5) is 18.9 Å². The van der Waals surface area contributed by atoms with Crippen molar-refractivity contribution in [3.63, 3.8) is 0 Å². The number of rotatable bonds is 7. The molecule has 0 unspecified atom stereocenters. The van der Waals surface area contributed by atoms with Gasteiger partial charge in [-0.3, -0.25) is 14.3 Å². The predicted octanol–water partition coefficient (Wildman–Crippen LogP) is 6.70. The number of anilines is 1. The maximum Gasteiger partial charge on any atom is 0.433 e. The van der Waals surface area contributed by atoms with E-state index in [0.29, 0.717) is 34.1 Å². The fourth-order valence-corrected chi connectivity index (χ4v) is 5.74. The number of nitrogens with two attached hydrogens (primary N) is 1. The number of benzene rings is 2. The van der Waals surface area contributed by atoms with Crippen molar-refractivity contribution in [1.82, 2.24) is 14.8 Å². The Bertz CT molecular complexity index is 2040. The molecule has 4 aromatic heterocycles. The maximum atomic E-state index is 13.8. The van der Waals surface area contributed by atoms with Crippen molar-refractivity contribution in [3.8, 4) is 16.9 Å². The van der Waals surface area contributed by atoms with E-state index in [-0.39, 0.29) is 38.7 Å². The minimum absolute atomic E-state index is 0.0315. The van der Waals surface area contributed by atoms with E-state index in [9.17, 15) is 22.8 Å². The number of amides is 2. The quantitative estimate of drug-likeness (QED) is 0.209. The molecule has 43 heavy (non-hydrogen) atoms. The van der Waals surface area contributed by atoms with Gasteiger partial charge in [-0.05, 0) is 42.1 Å². The molecule has 2 aromatic carbocycles. The molecule has 6 aromatic rings. The predicted molar refractivity (Wildman–Crippen MR) is 155 cm³/mol. The van der Waals surface area contributed by atoms with Gasteiger partial charge in [-0.2, -0.15) is 18.3 Å². The zero-order valence-corrected chi connectivity index (χ0v) is 23.5. The van der Waals surface area contributed by atoms with Crippen LogP contribution < -0.4 is 15.8 Å². The number of thiophene rings is 1. The second-order valence-corrected chi connectivity index (χ2v) is 10.7. The van der Waals surface area contributed by atoms with Crippen LogP contribution in [0.2, 0.25) is 0 Å². The molecule has 0 bridgehead atoms. The zero-order valence-electron chi connectivity index (χ0n) is 22.7. The first-order valence-electron chi connectivity index (χ1n) is 12.9. The van der Waals surface area contributed by atoms with Crippen LogP contribution in [-0.2, 0) is 19.8 Å². The van der Waals surface area contributed by atoms with Gasteiger partial charge < -0.3 is 20.2 Å². The number of ether oxygens (including phenoxy) is 1. The van der Waals surface area contributed by atoms with Crippen LogP contribution in [-0.4, -0.2) is 26.6 Å². The minimum atomic E-state index is -4.77. The van der Waals surface area contributed by atoms with E-state index < -0.39 is 23.7 Å². The Morgan fingerprint density at radius 2 is 1.86 bits per heavy atom. The van der Waals surface area contributed by atoms with Crippen molar-refractivity contribution >= 4 is 49.8 Å². The van der Waals surface area contributed by atoms with E-state index in [4.69, 9.17) is 14.9 Å². The fraction of sp³-hybridized carbons (Fsp3) is 0.133. The molecule has 0 saturated heterocycles. The third-order valence-corrected chi connectivity index (χ3v) is 8.04. The molecule has 0 aliphatic rings. The average Bonchev–Trinajstić information content (AvgIpc) is 3.69. The minimum Gasteiger partial charge on any atom is -0.485 e. The van der Waals surface area contributed by atoms with E-state index in [0.717, 1.165) is 16.8 Å². The molecule has 6 rings (SSSR count). The number of nitrogens with one attached hydrogen (secondary N) is 1. The normalized spacial score (nSPS) is 11.7. The smallest absolute Gasteiger partial charge is 0.433 e. The number of fused-ring (bicyclic) bond motifs is 2. The Labute approximate surface area is 245 Å². The summed E-state index contributed by atoms with van der Waals surface area (Å²) in [5, 5.41) is 8.82. The molecule has 0 aliphatic carbocycles. The van der Waals surface area contributed by atoms with Gasteiger partial charge in [-0.15, -0.1) is 11.3 Å². The number of hydrogen-bond acceptors (Lipinski definition) is 7. The Morgan fingerprint density at radius 3 is 2.58 bits per heavy atom. The second kappa shape index (κ2) is 10.6. The first-order chi connectivity index (χ1) is 20.5. The topological polar surface area (TPSA) is 125 Å². The third kappa shape index (κ3) is 5.18. The van der Waals surface area contributed by atoms with E-state index >= 15 is 0 Å². The Kier molecular flexibility index (Phi) is 6.89. The molecule has 13 heteroatoms. The molecule has 0 saturated carbocycles. The van der Waals surface area contributed by atoms with Gasteiger partial charge in [0.15, 0.2) is 5.76 Å². The number of carbonyl (C=O) groups is 2.